The normalized spacial score (nSPS) is 12.4. The van der Waals surface area contributed by atoms with Gasteiger partial charge in [0.2, 0.25) is 0 Å². The first kappa shape index (κ1) is 12.6. The molecule has 1 aromatic carbocycles. The Balaban J connectivity index is 2.01. The zero-order chi connectivity index (χ0) is 13.0. The van der Waals surface area contributed by atoms with Crippen LogP contribution < -0.4 is 0 Å². The third-order valence-electron chi connectivity index (χ3n) is 2.64. The second-order valence-electron chi connectivity index (χ2n) is 4.12. The maximum Gasteiger partial charge on any atom is 0.129 e. The average Bonchev–Trinajstić information content (AvgIpc) is 2.34. The van der Waals surface area contributed by atoms with Gasteiger partial charge in [0.15, 0.2) is 0 Å². The second-order valence-corrected chi connectivity index (χ2v) is 4.12. The molecule has 94 valence electrons. The molecular formula is C14H13F2NO. The maximum absolute atomic E-state index is 13.4. The molecule has 18 heavy (non-hydrogen) atoms. The Morgan fingerprint density at radius 1 is 1.11 bits per heavy atom. The Bertz CT molecular complexity index is 516. The molecule has 1 N–H and O–H groups in total. The predicted molar refractivity (Wildman–Crippen MR) is 64.0 cm³/mol. The predicted octanol–water partition coefficient (Wildman–Crippen LogP) is 2.51. The first-order valence-corrected chi connectivity index (χ1v) is 5.67. The minimum Gasteiger partial charge on any atom is -0.392 e. The van der Waals surface area contributed by atoms with E-state index in [9.17, 15) is 13.9 Å². The molecule has 0 radical (unpaired) electrons. The van der Waals surface area contributed by atoms with E-state index in [1.54, 1.807) is 18.3 Å². The maximum atomic E-state index is 13.4. The monoisotopic (exact) mass is 249 g/mol. The van der Waals surface area contributed by atoms with E-state index in [1.165, 1.54) is 12.1 Å². The van der Waals surface area contributed by atoms with Gasteiger partial charge in [-0.25, -0.2) is 8.78 Å². The van der Waals surface area contributed by atoms with Gasteiger partial charge in [-0.15, -0.1) is 0 Å². The first-order chi connectivity index (χ1) is 8.65. The lowest BCUT2D eigenvalue weighted by atomic mass is 10.0. The van der Waals surface area contributed by atoms with Crippen LogP contribution in [0.1, 0.15) is 11.3 Å². The number of rotatable bonds is 4. The van der Waals surface area contributed by atoms with Crippen LogP contribution in [0.15, 0.2) is 42.6 Å². The topological polar surface area (TPSA) is 33.1 Å². The van der Waals surface area contributed by atoms with Crippen LogP contribution in [0, 0.1) is 11.6 Å². The van der Waals surface area contributed by atoms with E-state index in [0.717, 1.165) is 11.8 Å². The van der Waals surface area contributed by atoms with Crippen molar-refractivity contribution in [3.63, 3.8) is 0 Å². The molecule has 2 nitrogen and oxygen atoms in total. The van der Waals surface area contributed by atoms with Crippen molar-refractivity contribution in [1.29, 1.82) is 0 Å². The molecule has 0 fully saturated rings. The van der Waals surface area contributed by atoms with Gasteiger partial charge < -0.3 is 5.11 Å². The van der Waals surface area contributed by atoms with Gasteiger partial charge in [-0.3, -0.25) is 4.98 Å². The zero-order valence-electron chi connectivity index (χ0n) is 9.68. The average molecular weight is 249 g/mol. The van der Waals surface area contributed by atoms with Crippen molar-refractivity contribution in [2.24, 2.45) is 0 Å². The summed E-state index contributed by atoms with van der Waals surface area (Å²) >= 11 is 0. The lowest BCUT2D eigenvalue weighted by molar-refractivity contribution is 0.173. The molecule has 1 unspecified atom stereocenters. The van der Waals surface area contributed by atoms with E-state index >= 15 is 0 Å². The van der Waals surface area contributed by atoms with Gasteiger partial charge in [0.25, 0.3) is 0 Å². The Kier molecular flexibility index (Phi) is 3.99. The number of benzene rings is 1. The van der Waals surface area contributed by atoms with Gasteiger partial charge in [0.1, 0.15) is 11.6 Å². The summed E-state index contributed by atoms with van der Waals surface area (Å²) in [6, 6.07) is 8.77. The second kappa shape index (κ2) is 5.69. The van der Waals surface area contributed by atoms with Gasteiger partial charge in [0.05, 0.1) is 6.10 Å². The van der Waals surface area contributed by atoms with Crippen molar-refractivity contribution in [1.82, 2.24) is 4.98 Å². The smallest absolute Gasteiger partial charge is 0.129 e. The van der Waals surface area contributed by atoms with Crippen LogP contribution in [0.25, 0.3) is 0 Å². The molecule has 4 heteroatoms. The zero-order valence-corrected chi connectivity index (χ0v) is 9.68. The standard InChI is InChI=1S/C14H13F2NO/c15-11-5-4-10(14(16)8-11)7-13(18)9-12-3-1-2-6-17-12/h1-6,8,13,18H,7,9H2. The fourth-order valence-electron chi connectivity index (χ4n) is 1.77. The van der Waals surface area contributed by atoms with Gasteiger partial charge in [-0.2, -0.15) is 0 Å². The van der Waals surface area contributed by atoms with Crippen molar-refractivity contribution in [3.05, 3.63) is 65.5 Å². The summed E-state index contributed by atoms with van der Waals surface area (Å²) in [6.07, 6.45) is 1.39. The number of aromatic nitrogens is 1. The number of nitrogens with zero attached hydrogens (tertiary/aromatic N) is 1. The number of hydrogen-bond acceptors (Lipinski definition) is 2. The van der Waals surface area contributed by atoms with Crippen molar-refractivity contribution < 1.29 is 13.9 Å². The molecule has 0 bridgehead atoms. The van der Waals surface area contributed by atoms with Crippen molar-refractivity contribution >= 4 is 0 Å². The molecule has 1 aromatic heterocycles. The Morgan fingerprint density at radius 3 is 2.61 bits per heavy atom. The van der Waals surface area contributed by atoms with E-state index in [-0.39, 0.29) is 6.42 Å². The molecule has 0 saturated carbocycles. The molecule has 0 aliphatic heterocycles. The molecule has 2 rings (SSSR count). The molecule has 0 saturated heterocycles. The van der Waals surface area contributed by atoms with Crippen LogP contribution in [0.5, 0.6) is 0 Å². The molecule has 1 heterocycles. The van der Waals surface area contributed by atoms with Crippen molar-refractivity contribution in [2.75, 3.05) is 0 Å². The van der Waals surface area contributed by atoms with E-state index in [0.29, 0.717) is 12.0 Å². The van der Waals surface area contributed by atoms with Crippen LogP contribution in [-0.4, -0.2) is 16.2 Å². The number of hydrogen-bond donors (Lipinski definition) is 1. The Hall–Kier alpha value is -1.81. The quantitative estimate of drug-likeness (QED) is 0.903. The first-order valence-electron chi connectivity index (χ1n) is 5.67. The summed E-state index contributed by atoms with van der Waals surface area (Å²) in [5.41, 5.74) is 1.05. The van der Waals surface area contributed by atoms with Gasteiger partial charge in [-0.05, 0) is 23.8 Å². The molecular weight excluding hydrogens is 236 g/mol. The number of halogens is 2. The molecule has 2 aromatic rings. The number of aliphatic hydroxyl groups excluding tert-OH is 1. The Labute approximate surface area is 104 Å². The highest BCUT2D eigenvalue weighted by molar-refractivity contribution is 5.19. The number of pyridine rings is 1. The SMILES string of the molecule is OC(Cc1ccccn1)Cc1ccc(F)cc1F. The van der Waals surface area contributed by atoms with Crippen LogP contribution in [-0.2, 0) is 12.8 Å². The minimum atomic E-state index is -0.736. The largest absolute Gasteiger partial charge is 0.392 e. The highest BCUT2D eigenvalue weighted by atomic mass is 19.1. The van der Waals surface area contributed by atoms with E-state index in [4.69, 9.17) is 0 Å². The van der Waals surface area contributed by atoms with E-state index in [2.05, 4.69) is 4.98 Å². The van der Waals surface area contributed by atoms with Gasteiger partial charge in [0, 0.05) is 30.8 Å². The van der Waals surface area contributed by atoms with Gasteiger partial charge >= 0.3 is 0 Å². The third kappa shape index (κ3) is 3.34. The summed E-state index contributed by atoms with van der Waals surface area (Å²) in [5, 5.41) is 9.85. The highest BCUT2D eigenvalue weighted by Gasteiger charge is 2.11. The molecule has 1 atom stereocenters. The fraction of sp³-hybridized carbons (Fsp3) is 0.214. The molecule has 0 amide bonds. The molecule has 0 spiro atoms. The lowest BCUT2D eigenvalue weighted by Crippen LogP contribution is -2.15. The molecule has 0 aliphatic rings. The van der Waals surface area contributed by atoms with Crippen LogP contribution in [0.3, 0.4) is 0 Å². The highest BCUT2D eigenvalue weighted by Crippen LogP contribution is 2.13. The van der Waals surface area contributed by atoms with E-state index < -0.39 is 17.7 Å². The Morgan fingerprint density at radius 2 is 1.94 bits per heavy atom. The minimum absolute atomic E-state index is 0.142. The fourth-order valence-corrected chi connectivity index (χ4v) is 1.77. The van der Waals surface area contributed by atoms with Crippen LogP contribution >= 0.6 is 0 Å². The summed E-state index contributed by atoms with van der Waals surface area (Å²) in [4.78, 5) is 4.08. The third-order valence-corrected chi connectivity index (χ3v) is 2.64. The van der Waals surface area contributed by atoms with Crippen molar-refractivity contribution in [2.45, 2.75) is 18.9 Å². The van der Waals surface area contributed by atoms with Crippen LogP contribution in [0.2, 0.25) is 0 Å². The lowest BCUT2D eigenvalue weighted by Gasteiger charge is -2.10. The summed E-state index contributed by atoms with van der Waals surface area (Å²) in [7, 11) is 0. The van der Waals surface area contributed by atoms with E-state index in [1.807, 2.05) is 6.07 Å². The van der Waals surface area contributed by atoms with Crippen molar-refractivity contribution in [3.8, 4) is 0 Å². The van der Waals surface area contributed by atoms with Gasteiger partial charge in [-0.1, -0.05) is 12.1 Å². The number of aliphatic hydroxyl groups is 1. The van der Waals surface area contributed by atoms with Crippen LogP contribution in [0.4, 0.5) is 8.78 Å². The summed E-state index contributed by atoms with van der Waals surface area (Å²) in [6.45, 7) is 0. The summed E-state index contributed by atoms with van der Waals surface area (Å²) in [5.74, 6) is -1.24. The molecule has 0 aliphatic carbocycles. The summed E-state index contributed by atoms with van der Waals surface area (Å²) < 4.78 is 26.1.